The smallest absolute Gasteiger partial charge is 0.321 e. The van der Waals surface area contributed by atoms with E-state index in [-0.39, 0.29) is 0 Å². The second-order valence-corrected chi connectivity index (χ2v) is 9.09. The van der Waals surface area contributed by atoms with Gasteiger partial charge >= 0.3 is 6.03 Å². The van der Waals surface area contributed by atoms with Crippen LogP contribution < -0.4 is 10.6 Å². The molecule has 3 heterocycles. The molecule has 2 aromatic carbocycles. The van der Waals surface area contributed by atoms with Gasteiger partial charge in [-0.2, -0.15) is 5.10 Å². The van der Waals surface area contributed by atoms with Crippen molar-refractivity contribution in [2.45, 2.75) is 33.2 Å². The Bertz CT molecular complexity index is 1510. The zero-order valence-corrected chi connectivity index (χ0v) is 20.8. The van der Waals surface area contributed by atoms with Crippen molar-refractivity contribution < 1.29 is 14.4 Å². The van der Waals surface area contributed by atoms with Crippen LogP contribution in [0.25, 0.3) is 11.4 Å². The minimum atomic E-state index is -1.36. The van der Waals surface area contributed by atoms with E-state index >= 15 is 0 Å². The van der Waals surface area contributed by atoms with Crippen LogP contribution in [-0.2, 0) is 15.1 Å². The first-order valence-corrected chi connectivity index (χ1v) is 11.6. The third-order valence-corrected chi connectivity index (χ3v) is 6.45. The minimum Gasteiger partial charge on any atom is -0.321 e. The fraction of sp³-hybridized carbons (Fsp3) is 0.240. The van der Waals surface area contributed by atoms with E-state index in [0.717, 1.165) is 21.8 Å². The molecule has 1 unspecified atom stereocenters. The Balaban J connectivity index is 1.34. The Kier molecular flexibility index (Phi) is 5.78. The number of hydrogen-bond donors (Lipinski definition) is 2. The van der Waals surface area contributed by atoms with Crippen molar-refractivity contribution in [3.63, 3.8) is 0 Å². The number of nitrogens with zero attached hydrogens (tertiary/aromatic N) is 7. The molecule has 37 heavy (non-hydrogen) atoms. The van der Waals surface area contributed by atoms with Crippen LogP contribution in [0.3, 0.4) is 0 Å². The number of benzene rings is 2. The average molecular weight is 500 g/mol. The maximum absolute atomic E-state index is 13.4. The molecule has 1 aliphatic rings. The lowest BCUT2D eigenvalue weighted by Crippen LogP contribution is -2.42. The first-order valence-electron chi connectivity index (χ1n) is 11.6. The number of rotatable bonds is 6. The third kappa shape index (κ3) is 4.22. The molecule has 0 radical (unpaired) electrons. The van der Waals surface area contributed by atoms with Crippen molar-refractivity contribution in [2.24, 2.45) is 0 Å². The zero-order chi connectivity index (χ0) is 26.3. The van der Waals surface area contributed by atoms with Crippen LogP contribution in [0, 0.1) is 20.8 Å². The van der Waals surface area contributed by atoms with E-state index in [4.69, 9.17) is 0 Å². The highest BCUT2D eigenvalue weighted by molar-refractivity contribution is 6.10. The van der Waals surface area contributed by atoms with Crippen molar-refractivity contribution in [2.75, 3.05) is 11.9 Å². The molecule has 0 saturated carbocycles. The van der Waals surface area contributed by atoms with Gasteiger partial charge in [0.05, 0.1) is 28.5 Å². The summed E-state index contributed by atoms with van der Waals surface area (Å²) in [6, 6.07) is 14.2. The molecule has 4 amide bonds. The van der Waals surface area contributed by atoms with Gasteiger partial charge in [0.1, 0.15) is 18.4 Å². The molecule has 188 valence electrons. The number of anilines is 1. The summed E-state index contributed by atoms with van der Waals surface area (Å²) in [5.74, 6) is -1.05. The highest BCUT2D eigenvalue weighted by Gasteiger charge is 2.49. The van der Waals surface area contributed by atoms with Crippen molar-refractivity contribution in [3.8, 4) is 11.4 Å². The summed E-state index contributed by atoms with van der Waals surface area (Å²) in [4.78, 5) is 40.0. The monoisotopic (exact) mass is 499 g/mol. The molecule has 0 spiro atoms. The number of hydrogen-bond acceptors (Lipinski definition) is 7. The van der Waals surface area contributed by atoms with Crippen molar-refractivity contribution in [1.82, 2.24) is 40.2 Å². The van der Waals surface area contributed by atoms with Gasteiger partial charge in [0.25, 0.3) is 5.91 Å². The summed E-state index contributed by atoms with van der Waals surface area (Å²) in [6.07, 6.45) is 1.43. The lowest BCUT2D eigenvalue weighted by Gasteiger charge is -2.22. The summed E-state index contributed by atoms with van der Waals surface area (Å²) in [5.41, 5.74) is 3.68. The van der Waals surface area contributed by atoms with Gasteiger partial charge < -0.3 is 10.6 Å². The van der Waals surface area contributed by atoms with Gasteiger partial charge in [0.2, 0.25) is 5.91 Å². The zero-order valence-electron chi connectivity index (χ0n) is 20.8. The molecule has 0 bridgehead atoms. The quantitative estimate of drug-likeness (QED) is 0.388. The van der Waals surface area contributed by atoms with Gasteiger partial charge in [-0.05, 0) is 68.0 Å². The first-order chi connectivity index (χ1) is 17.7. The maximum atomic E-state index is 13.4. The Labute approximate surface area is 212 Å². The number of amides is 4. The van der Waals surface area contributed by atoms with Gasteiger partial charge in [-0.25, -0.2) is 14.2 Å². The maximum Gasteiger partial charge on any atom is 0.325 e. The topological polar surface area (TPSA) is 140 Å². The molecule has 12 heteroatoms. The lowest BCUT2D eigenvalue weighted by molar-refractivity contribution is -0.133. The highest BCUT2D eigenvalue weighted by atomic mass is 16.2. The fourth-order valence-corrected chi connectivity index (χ4v) is 4.36. The highest BCUT2D eigenvalue weighted by Crippen LogP contribution is 2.30. The minimum absolute atomic E-state index is 0.443. The molecule has 0 aliphatic carbocycles. The second kappa shape index (κ2) is 8.97. The summed E-state index contributed by atoms with van der Waals surface area (Å²) in [5, 5.41) is 21.2. The van der Waals surface area contributed by atoms with Crippen LogP contribution in [0.15, 0.2) is 54.9 Å². The van der Waals surface area contributed by atoms with Crippen molar-refractivity contribution in [3.05, 3.63) is 77.4 Å². The molecule has 12 nitrogen and oxygen atoms in total. The fourth-order valence-electron chi connectivity index (χ4n) is 4.36. The lowest BCUT2D eigenvalue weighted by atomic mass is 9.91. The van der Waals surface area contributed by atoms with Crippen LogP contribution >= 0.6 is 0 Å². The Morgan fingerprint density at radius 2 is 1.81 bits per heavy atom. The van der Waals surface area contributed by atoms with Crippen LogP contribution in [0.4, 0.5) is 10.5 Å². The number of carbonyl (C=O) groups excluding carboxylic acids is 3. The molecule has 2 aromatic heterocycles. The van der Waals surface area contributed by atoms with E-state index < -0.39 is 29.9 Å². The van der Waals surface area contributed by atoms with Gasteiger partial charge in [0, 0.05) is 0 Å². The molecule has 5 rings (SSSR count). The van der Waals surface area contributed by atoms with Gasteiger partial charge in [0.15, 0.2) is 0 Å². The van der Waals surface area contributed by atoms with Gasteiger partial charge in [-0.3, -0.25) is 14.5 Å². The van der Waals surface area contributed by atoms with E-state index in [1.807, 2.05) is 38.1 Å². The predicted octanol–water partition coefficient (Wildman–Crippen LogP) is 2.18. The van der Waals surface area contributed by atoms with E-state index in [2.05, 4.69) is 31.3 Å². The van der Waals surface area contributed by atoms with Crippen LogP contribution in [0.5, 0.6) is 0 Å². The molecule has 1 fully saturated rings. The molecule has 1 saturated heterocycles. The number of nitrogens with one attached hydrogen (secondary N) is 2. The van der Waals surface area contributed by atoms with Crippen molar-refractivity contribution in [1.29, 1.82) is 0 Å². The van der Waals surface area contributed by atoms with Crippen LogP contribution in [0.1, 0.15) is 29.4 Å². The summed E-state index contributed by atoms with van der Waals surface area (Å²) < 4.78 is 3.19. The molecular formula is C25H25N9O3. The van der Waals surface area contributed by atoms with Crippen LogP contribution in [-0.4, -0.2) is 59.3 Å². The van der Waals surface area contributed by atoms with E-state index in [1.54, 1.807) is 42.8 Å². The predicted molar refractivity (Wildman–Crippen MR) is 133 cm³/mol. The second-order valence-electron chi connectivity index (χ2n) is 9.09. The number of aryl methyl sites for hydroxylation is 2. The SMILES string of the molecule is Cc1ccc(-n2nc(C)c(NC(=O)CN3C(=O)NC(C)(c4cccc(-n5cnnn5)c4)C3=O)c2C)cc1. The largest absolute Gasteiger partial charge is 0.325 e. The standard InChI is InChI=1S/C25H25N9O3/c1-15-8-10-19(11-9-15)34-17(3)22(16(2)29-34)27-21(35)13-32-23(36)25(4,28-24(32)37)18-6-5-7-20(12-18)33-14-26-30-31-33/h5-12,14H,13H2,1-4H3,(H,27,35)(H,28,37). The number of tetrazole rings is 1. The van der Waals surface area contributed by atoms with E-state index in [1.165, 1.54) is 11.0 Å². The normalized spacial score (nSPS) is 17.2. The van der Waals surface area contributed by atoms with E-state index in [9.17, 15) is 14.4 Å². The summed E-state index contributed by atoms with van der Waals surface area (Å²) in [7, 11) is 0. The number of carbonyl (C=O) groups is 3. The van der Waals surface area contributed by atoms with Gasteiger partial charge in [-0.1, -0.05) is 29.8 Å². The Hall–Kier alpha value is -4.87. The Morgan fingerprint density at radius 3 is 2.51 bits per heavy atom. The first kappa shape index (κ1) is 23.9. The Morgan fingerprint density at radius 1 is 1.05 bits per heavy atom. The van der Waals surface area contributed by atoms with Crippen molar-refractivity contribution >= 4 is 23.5 Å². The average Bonchev–Trinajstić information content (AvgIpc) is 3.57. The number of aromatic nitrogens is 6. The number of urea groups is 1. The number of imide groups is 1. The molecule has 1 atom stereocenters. The molecule has 2 N–H and O–H groups in total. The molecular weight excluding hydrogens is 474 g/mol. The third-order valence-electron chi connectivity index (χ3n) is 6.45. The van der Waals surface area contributed by atoms with E-state index in [0.29, 0.717) is 22.6 Å². The molecule has 4 aromatic rings. The van der Waals surface area contributed by atoms with Crippen LogP contribution in [0.2, 0.25) is 0 Å². The summed E-state index contributed by atoms with van der Waals surface area (Å²) >= 11 is 0. The van der Waals surface area contributed by atoms with Gasteiger partial charge in [-0.15, -0.1) is 5.10 Å². The molecule has 1 aliphatic heterocycles. The summed E-state index contributed by atoms with van der Waals surface area (Å²) in [6.45, 7) is 6.79.